The van der Waals surface area contributed by atoms with Gasteiger partial charge in [0.2, 0.25) is 5.91 Å². The standard InChI is InChI=1S/C13H17N5OS/c1-2-10(18-6-3-5-15-18)12(19)17-7-4-9-11(8-17)20-13(14)16-9/h3,5-6,10H,2,4,7-8H2,1H3,(H2,14,16)/t10-/m1/s1. The molecule has 0 radical (unpaired) electrons. The molecule has 20 heavy (non-hydrogen) atoms. The summed E-state index contributed by atoms with van der Waals surface area (Å²) in [5, 5.41) is 4.78. The molecule has 1 aliphatic rings. The summed E-state index contributed by atoms with van der Waals surface area (Å²) in [5.74, 6) is 0.119. The zero-order chi connectivity index (χ0) is 14.1. The van der Waals surface area contributed by atoms with Crippen molar-refractivity contribution in [3.63, 3.8) is 0 Å². The largest absolute Gasteiger partial charge is 0.375 e. The lowest BCUT2D eigenvalue weighted by atomic mass is 10.1. The van der Waals surface area contributed by atoms with E-state index in [0.717, 1.165) is 23.4 Å². The van der Waals surface area contributed by atoms with Crippen molar-refractivity contribution in [1.29, 1.82) is 0 Å². The Bertz CT molecular complexity index is 606. The summed E-state index contributed by atoms with van der Waals surface area (Å²) >= 11 is 1.48. The molecule has 2 aromatic rings. The van der Waals surface area contributed by atoms with E-state index in [-0.39, 0.29) is 11.9 Å². The number of nitrogens with two attached hydrogens (primary N) is 1. The molecule has 2 aromatic heterocycles. The van der Waals surface area contributed by atoms with Gasteiger partial charge in [-0.3, -0.25) is 9.48 Å². The number of anilines is 1. The van der Waals surface area contributed by atoms with E-state index in [0.29, 0.717) is 18.2 Å². The third-order valence-electron chi connectivity index (χ3n) is 3.58. The highest BCUT2D eigenvalue weighted by Crippen LogP contribution is 2.28. The maximum atomic E-state index is 12.7. The fourth-order valence-electron chi connectivity index (χ4n) is 2.55. The highest BCUT2D eigenvalue weighted by molar-refractivity contribution is 7.15. The summed E-state index contributed by atoms with van der Waals surface area (Å²) in [5.41, 5.74) is 6.78. The van der Waals surface area contributed by atoms with Gasteiger partial charge in [-0.05, 0) is 12.5 Å². The average molecular weight is 291 g/mol. The zero-order valence-electron chi connectivity index (χ0n) is 11.3. The van der Waals surface area contributed by atoms with E-state index in [2.05, 4.69) is 10.1 Å². The molecule has 0 aliphatic carbocycles. The van der Waals surface area contributed by atoms with Crippen molar-refractivity contribution < 1.29 is 4.79 Å². The van der Waals surface area contributed by atoms with Gasteiger partial charge in [0.15, 0.2) is 5.13 Å². The Hall–Kier alpha value is -1.89. The molecule has 0 fully saturated rings. The summed E-state index contributed by atoms with van der Waals surface area (Å²) in [6.45, 7) is 3.32. The minimum atomic E-state index is -0.225. The van der Waals surface area contributed by atoms with Crippen LogP contribution < -0.4 is 5.73 Å². The van der Waals surface area contributed by atoms with Gasteiger partial charge in [0.1, 0.15) is 6.04 Å². The molecule has 0 bridgehead atoms. The SMILES string of the molecule is CC[C@H](C(=O)N1CCc2nc(N)sc2C1)n1cccn1. The monoisotopic (exact) mass is 291 g/mol. The lowest BCUT2D eigenvalue weighted by Crippen LogP contribution is -2.40. The summed E-state index contributed by atoms with van der Waals surface area (Å²) in [4.78, 5) is 20.0. The lowest BCUT2D eigenvalue weighted by Gasteiger charge is -2.29. The molecule has 1 amide bonds. The van der Waals surface area contributed by atoms with Crippen molar-refractivity contribution in [2.24, 2.45) is 0 Å². The Kier molecular flexibility index (Phi) is 3.43. The van der Waals surface area contributed by atoms with Gasteiger partial charge < -0.3 is 10.6 Å². The van der Waals surface area contributed by atoms with Crippen molar-refractivity contribution in [2.45, 2.75) is 32.4 Å². The molecular formula is C13H17N5OS. The Balaban J connectivity index is 1.78. The number of thiazole rings is 1. The van der Waals surface area contributed by atoms with E-state index >= 15 is 0 Å². The highest BCUT2D eigenvalue weighted by Gasteiger charge is 2.29. The van der Waals surface area contributed by atoms with Crippen LogP contribution in [0.15, 0.2) is 18.5 Å². The number of hydrogen-bond acceptors (Lipinski definition) is 5. The lowest BCUT2D eigenvalue weighted by molar-refractivity contribution is -0.136. The predicted octanol–water partition coefficient (Wildman–Crippen LogP) is 1.46. The predicted molar refractivity (Wildman–Crippen MR) is 77.2 cm³/mol. The number of carbonyl (C=O) groups is 1. The Morgan fingerprint density at radius 3 is 3.15 bits per heavy atom. The number of rotatable bonds is 3. The normalized spacial score (nSPS) is 15.9. The van der Waals surface area contributed by atoms with Crippen molar-refractivity contribution in [3.8, 4) is 0 Å². The molecule has 1 aliphatic heterocycles. The van der Waals surface area contributed by atoms with Crippen LogP contribution in [-0.2, 0) is 17.8 Å². The van der Waals surface area contributed by atoms with Crippen LogP contribution >= 0.6 is 11.3 Å². The van der Waals surface area contributed by atoms with Crippen molar-refractivity contribution >= 4 is 22.4 Å². The Morgan fingerprint density at radius 1 is 1.60 bits per heavy atom. The molecule has 3 heterocycles. The van der Waals surface area contributed by atoms with E-state index < -0.39 is 0 Å². The Morgan fingerprint density at radius 2 is 2.45 bits per heavy atom. The fourth-order valence-corrected chi connectivity index (χ4v) is 3.45. The third-order valence-corrected chi connectivity index (χ3v) is 4.49. The van der Waals surface area contributed by atoms with Crippen LogP contribution in [0.5, 0.6) is 0 Å². The van der Waals surface area contributed by atoms with Crippen molar-refractivity contribution in [3.05, 3.63) is 29.0 Å². The highest BCUT2D eigenvalue weighted by atomic mass is 32.1. The van der Waals surface area contributed by atoms with Gasteiger partial charge in [0, 0.05) is 30.2 Å². The van der Waals surface area contributed by atoms with Crippen LogP contribution in [-0.4, -0.2) is 32.1 Å². The first kappa shape index (κ1) is 13.1. The number of amides is 1. The van der Waals surface area contributed by atoms with Crippen molar-refractivity contribution in [2.75, 3.05) is 12.3 Å². The molecule has 0 aromatic carbocycles. The number of nitrogens with zero attached hydrogens (tertiary/aromatic N) is 4. The molecule has 0 saturated carbocycles. The minimum absolute atomic E-state index is 0.119. The van der Waals surface area contributed by atoms with Crippen LogP contribution in [0.25, 0.3) is 0 Å². The van der Waals surface area contributed by atoms with Crippen LogP contribution in [0, 0.1) is 0 Å². The molecule has 1 atom stereocenters. The third kappa shape index (κ3) is 2.29. The first-order valence-corrected chi connectivity index (χ1v) is 7.52. The quantitative estimate of drug-likeness (QED) is 0.928. The van der Waals surface area contributed by atoms with Gasteiger partial charge >= 0.3 is 0 Å². The second kappa shape index (κ2) is 5.24. The maximum Gasteiger partial charge on any atom is 0.247 e. The second-order valence-electron chi connectivity index (χ2n) is 4.84. The summed E-state index contributed by atoms with van der Waals surface area (Å²) in [7, 11) is 0. The molecule has 6 nitrogen and oxygen atoms in total. The van der Waals surface area contributed by atoms with Crippen LogP contribution in [0.2, 0.25) is 0 Å². The van der Waals surface area contributed by atoms with Gasteiger partial charge in [-0.2, -0.15) is 5.10 Å². The van der Waals surface area contributed by atoms with E-state index in [1.165, 1.54) is 11.3 Å². The number of aromatic nitrogens is 3. The van der Waals surface area contributed by atoms with Crippen LogP contribution in [0.3, 0.4) is 0 Å². The number of carbonyl (C=O) groups excluding carboxylic acids is 1. The van der Waals surface area contributed by atoms with Gasteiger partial charge in [0.25, 0.3) is 0 Å². The molecule has 0 saturated heterocycles. The van der Waals surface area contributed by atoms with E-state index in [1.807, 2.05) is 24.1 Å². The first-order valence-electron chi connectivity index (χ1n) is 6.71. The number of nitrogen functional groups attached to an aromatic ring is 1. The minimum Gasteiger partial charge on any atom is -0.375 e. The van der Waals surface area contributed by atoms with E-state index in [4.69, 9.17) is 5.73 Å². The topological polar surface area (TPSA) is 77.0 Å². The van der Waals surface area contributed by atoms with Gasteiger partial charge in [-0.15, -0.1) is 11.3 Å². The molecule has 2 N–H and O–H groups in total. The van der Waals surface area contributed by atoms with Crippen LogP contribution in [0.1, 0.15) is 30.0 Å². The average Bonchev–Trinajstić information content (AvgIpc) is 3.06. The second-order valence-corrected chi connectivity index (χ2v) is 5.96. The maximum absolute atomic E-state index is 12.7. The van der Waals surface area contributed by atoms with Gasteiger partial charge in [-0.1, -0.05) is 6.92 Å². The molecule has 106 valence electrons. The zero-order valence-corrected chi connectivity index (χ0v) is 12.1. The smallest absolute Gasteiger partial charge is 0.247 e. The summed E-state index contributed by atoms with van der Waals surface area (Å²) in [6, 6.07) is 1.62. The van der Waals surface area contributed by atoms with Gasteiger partial charge in [-0.25, -0.2) is 4.98 Å². The molecule has 0 unspecified atom stereocenters. The molecule has 0 spiro atoms. The molecule has 3 rings (SSSR count). The molecule has 7 heteroatoms. The number of fused-ring (bicyclic) bond motifs is 1. The molecular weight excluding hydrogens is 274 g/mol. The van der Waals surface area contributed by atoms with E-state index in [9.17, 15) is 4.79 Å². The van der Waals surface area contributed by atoms with Crippen LogP contribution in [0.4, 0.5) is 5.13 Å². The Labute approximate surface area is 121 Å². The fraction of sp³-hybridized carbons (Fsp3) is 0.462. The van der Waals surface area contributed by atoms with Gasteiger partial charge in [0.05, 0.1) is 12.2 Å². The van der Waals surface area contributed by atoms with E-state index in [1.54, 1.807) is 10.9 Å². The van der Waals surface area contributed by atoms with Crippen molar-refractivity contribution in [1.82, 2.24) is 19.7 Å². The number of hydrogen-bond donors (Lipinski definition) is 1. The first-order chi connectivity index (χ1) is 9.69. The summed E-state index contributed by atoms with van der Waals surface area (Å²) < 4.78 is 1.74. The summed E-state index contributed by atoms with van der Waals surface area (Å²) in [6.07, 6.45) is 5.05.